The lowest BCUT2D eigenvalue weighted by atomic mass is 10.1. The number of carbonyl (C=O) groups excluding carboxylic acids is 2. The summed E-state index contributed by atoms with van der Waals surface area (Å²) in [5.41, 5.74) is 7.24. The van der Waals surface area contributed by atoms with Crippen LogP contribution in [0.15, 0.2) is 48.5 Å². The summed E-state index contributed by atoms with van der Waals surface area (Å²) in [6.45, 7) is 1.94. The van der Waals surface area contributed by atoms with E-state index in [2.05, 4.69) is 42.7 Å². The van der Waals surface area contributed by atoms with Crippen LogP contribution in [0.1, 0.15) is 26.3 Å². The van der Waals surface area contributed by atoms with Gasteiger partial charge in [0.25, 0.3) is 11.8 Å². The van der Waals surface area contributed by atoms with Gasteiger partial charge in [-0.15, -0.1) is 0 Å². The van der Waals surface area contributed by atoms with Crippen LogP contribution in [0.2, 0.25) is 5.02 Å². The number of alkyl halides is 2. The van der Waals surface area contributed by atoms with E-state index in [1.165, 1.54) is 0 Å². The first-order valence-electron chi connectivity index (χ1n) is 7.09. The molecule has 2 atom stereocenters. The van der Waals surface area contributed by atoms with Crippen LogP contribution < -0.4 is 10.9 Å². The first-order valence-corrected chi connectivity index (χ1v) is 9.30. The Kier molecular flexibility index (Phi) is 6.83. The molecule has 0 spiro atoms. The van der Waals surface area contributed by atoms with Crippen LogP contribution >= 0.6 is 43.5 Å². The Balaban J connectivity index is 1.92. The Morgan fingerprint density at radius 3 is 2.12 bits per heavy atom. The lowest BCUT2D eigenvalue weighted by molar-refractivity contribution is -0.121. The van der Waals surface area contributed by atoms with Gasteiger partial charge >= 0.3 is 0 Å². The third kappa shape index (κ3) is 5.06. The quantitative estimate of drug-likeness (QED) is 0.513. The van der Waals surface area contributed by atoms with Gasteiger partial charge in [0.2, 0.25) is 0 Å². The highest BCUT2D eigenvalue weighted by Gasteiger charge is 2.25. The van der Waals surface area contributed by atoms with Crippen LogP contribution in [-0.4, -0.2) is 16.6 Å². The van der Waals surface area contributed by atoms with Gasteiger partial charge in [0.15, 0.2) is 0 Å². The Morgan fingerprint density at radius 1 is 0.958 bits per heavy atom. The first-order chi connectivity index (χ1) is 11.4. The fourth-order valence-corrected chi connectivity index (χ4v) is 3.00. The monoisotopic (exact) mass is 472 g/mol. The Hall–Kier alpha value is -1.37. The number of hydrogen-bond acceptors (Lipinski definition) is 2. The Morgan fingerprint density at radius 2 is 1.54 bits per heavy atom. The van der Waals surface area contributed by atoms with E-state index in [1.807, 2.05) is 31.2 Å². The van der Waals surface area contributed by atoms with Crippen molar-refractivity contribution in [3.8, 4) is 0 Å². The highest BCUT2D eigenvalue weighted by molar-refractivity contribution is 9.12. The van der Waals surface area contributed by atoms with Crippen molar-refractivity contribution in [2.24, 2.45) is 0 Å². The van der Waals surface area contributed by atoms with Crippen molar-refractivity contribution in [3.63, 3.8) is 0 Å². The molecule has 0 aliphatic carbocycles. The number of halogens is 3. The summed E-state index contributed by atoms with van der Waals surface area (Å²) in [6, 6.07) is 14.2. The number of hydrazine groups is 1. The van der Waals surface area contributed by atoms with E-state index < -0.39 is 4.83 Å². The average Bonchev–Trinajstić information content (AvgIpc) is 2.59. The number of aryl methyl sites for hydroxylation is 1. The molecule has 24 heavy (non-hydrogen) atoms. The average molecular weight is 475 g/mol. The molecule has 2 amide bonds. The fraction of sp³-hybridized carbons (Fsp3) is 0.176. The number of carbonyl (C=O) groups is 2. The molecule has 2 aromatic carbocycles. The fourth-order valence-electron chi connectivity index (χ4n) is 1.91. The molecule has 2 aromatic rings. The lowest BCUT2D eigenvalue weighted by Gasteiger charge is -2.17. The smallest absolute Gasteiger partial charge is 0.269 e. The number of nitrogens with one attached hydrogen (secondary N) is 2. The van der Waals surface area contributed by atoms with Gasteiger partial charge in [0.1, 0.15) is 4.83 Å². The van der Waals surface area contributed by atoms with E-state index >= 15 is 0 Å². The van der Waals surface area contributed by atoms with Crippen LogP contribution in [0.5, 0.6) is 0 Å². The van der Waals surface area contributed by atoms with Crippen molar-refractivity contribution in [2.75, 3.05) is 0 Å². The normalized spacial score (nSPS) is 13.0. The zero-order valence-corrected chi connectivity index (χ0v) is 16.7. The largest absolute Gasteiger partial charge is 0.272 e. The molecule has 126 valence electrons. The van der Waals surface area contributed by atoms with Gasteiger partial charge in [-0.25, -0.2) is 0 Å². The summed E-state index contributed by atoms with van der Waals surface area (Å²) in [6.07, 6.45) is 0. The van der Waals surface area contributed by atoms with Crippen molar-refractivity contribution in [2.45, 2.75) is 16.6 Å². The van der Waals surface area contributed by atoms with E-state index in [4.69, 9.17) is 11.6 Å². The van der Waals surface area contributed by atoms with Crippen LogP contribution in [0, 0.1) is 6.92 Å². The van der Waals surface area contributed by atoms with E-state index in [-0.39, 0.29) is 16.6 Å². The lowest BCUT2D eigenvalue weighted by Crippen LogP contribution is -2.45. The van der Waals surface area contributed by atoms with E-state index in [0.29, 0.717) is 10.6 Å². The van der Waals surface area contributed by atoms with Crippen molar-refractivity contribution in [1.29, 1.82) is 0 Å². The van der Waals surface area contributed by atoms with E-state index in [1.54, 1.807) is 24.3 Å². The Bertz CT molecular complexity index is 720. The molecule has 0 radical (unpaired) electrons. The minimum absolute atomic E-state index is 0.272. The van der Waals surface area contributed by atoms with Crippen molar-refractivity contribution < 1.29 is 9.59 Å². The standard InChI is InChI=1S/C17H15Br2ClN2O2/c1-10-2-4-12(5-3-10)16(23)21-22-17(24)15(19)14(18)11-6-8-13(20)9-7-11/h2-9,14-15H,1H3,(H,21,23)(H,22,24)/t14-,15-/m0/s1. The summed E-state index contributed by atoms with van der Waals surface area (Å²) in [5.74, 6) is -0.743. The van der Waals surface area contributed by atoms with Gasteiger partial charge in [-0.2, -0.15) is 0 Å². The zero-order chi connectivity index (χ0) is 17.7. The molecule has 2 N–H and O–H groups in total. The van der Waals surface area contributed by atoms with Gasteiger partial charge in [0, 0.05) is 10.6 Å². The second-order valence-corrected chi connectivity index (χ2v) is 7.57. The third-order valence-corrected chi connectivity index (χ3v) is 6.27. The zero-order valence-electron chi connectivity index (χ0n) is 12.7. The van der Waals surface area contributed by atoms with Gasteiger partial charge < -0.3 is 0 Å². The summed E-state index contributed by atoms with van der Waals surface area (Å²) >= 11 is 12.7. The van der Waals surface area contributed by atoms with E-state index in [0.717, 1.165) is 11.1 Å². The maximum absolute atomic E-state index is 12.2. The maximum Gasteiger partial charge on any atom is 0.269 e. The molecule has 4 nitrogen and oxygen atoms in total. The van der Waals surface area contributed by atoms with Crippen LogP contribution in [0.25, 0.3) is 0 Å². The van der Waals surface area contributed by atoms with Gasteiger partial charge in [-0.05, 0) is 36.8 Å². The van der Waals surface area contributed by atoms with Gasteiger partial charge in [-0.3, -0.25) is 20.4 Å². The molecular formula is C17H15Br2ClN2O2. The van der Waals surface area contributed by atoms with Crippen LogP contribution in [0.4, 0.5) is 0 Å². The third-order valence-electron chi connectivity index (χ3n) is 3.31. The van der Waals surface area contributed by atoms with Crippen LogP contribution in [-0.2, 0) is 4.79 Å². The highest BCUT2D eigenvalue weighted by Crippen LogP contribution is 2.31. The van der Waals surface area contributed by atoms with E-state index in [9.17, 15) is 9.59 Å². The molecule has 0 saturated carbocycles. The molecule has 0 aromatic heterocycles. The van der Waals surface area contributed by atoms with Crippen molar-refractivity contribution in [1.82, 2.24) is 10.9 Å². The molecule has 0 fully saturated rings. The first kappa shape index (κ1) is 19.0. The summed E-state index contributed by atoms with van der Waals surface area (Å²) in [4.78, 5) is 23.3. The molecule has 0 saturated heterocycles. The SMILES string of the molecule is Cc1ccc(C(=O)NNC(=O)[C@@H](Br)[C@@H](Br)c2ccc(Cl)cc2)cc1. The molecule has 0 aliphatic rings. The molecule has 0 bridgehead atoms. The van der Waals surface area contributed by atoms with Crippen molar-refractivity contribution in [3.05, 3.63) is 70.2 Å². The maximum atomic E-state index is 12.2. The number of hydrogen-bond donors (Lipinski definition) is 2. The predicted molar refractivity (Wildman–Crippen MR) is 103 cm³/mol. The van der Waals surface area contributed by atoms with Crippen LogP contribution in [0.3, 0.4) is 0 Å². The molecule has 0 heterocycles. The molecule has 0 aliphatic heterocycles. The number of benzene rings is 2. The summed E-state index contributed by atoms with van der Waals surface area (Å²) < 4.78 is 0. The Labute approximate surface area is 162 Å². The molecular weight excluding hydrogens is 459 g/mol. The summed E-state index contributed by atoms with van der Waals surface area (Å²) in [5, 5.41) is 0.624. The second kappa shape index (κ2) is 8.65. The van der Waals surface area contributed by atoms with Gasteiger partial charge in [0.05, 0.1) is 4.83 Å². The summed E-state index contributed by atoms with van der Waals surface area (Å²) in [7, 11) is 0. The number of rotatable bonds is 4. The predicted octanol–water partition coefficient (Wildman–Crippen LogP) is 4.31. The van der Waals surface area contributed by atoms with Crippen molar-refractivity contribution >= 4 is 55.3 Å². The highest BCUT2D eigenvalue weighted by atomic mass is 79.9. The molecule has 0 unspecified atom stereocenters. The molecule has 7 heteroatoms. The second-order valence-electron chi connectivity index (χ2n) is 5.16. The number of amides is 2. The minimum atomic E-state index is -0.572. The van der Waals surface area contributed by atoms with Gasteiger partial charge in [-0.1, -0.05) is 73.3 Å². The molecule has 2 rings (SSSR count). The minimum Gasteiger partial charge on any atom is -0.272 e. The topological polar surface area (TPSA) is 58.2 Å².